The lowest BCUT2D eigenvalue weighted by atomic mass is 9.94. The molecule has 6 heteroatoms. The third-order valence-electron chi connectivity index (χ3n) is 3.75. The van der Waals surface area contributed by atoms with Gasteiger partial charge in [-0.05, 0) is 35.2 Å². The molecule has 2 heterocycles. The minimum atomic E-state index is -1.35. The molecule has 0 fully saturated rings. The maximum Gasteiger partial charge on any atom is 0.224 e. The van der Waals surface area contributed by atoms with Gasteiger partial charge in [-0.15, -0.1) is 11.3 Å². The van der Waals surface area contributed by atoms with Crippen molar-refractivity contribution in [1.29, 1.82) is 0 Å². The highest BCUT2D eigenvalue weighted by molar-refractivity contribution is 7.10. The SMILES string of the molecule is O=C(Cc1ccc(F)cc1)NC[C@](O)(c1ccoc1)c1cccs1. The molecule has 0 saturated heterocycles. The summed E-state index contributed by atoms with van der Waals surface area (Å²) in [6.07, 6.45) is 3.06. The highest BCUT2D eigenvalue weighted by Crippen LogP contribution is 2.32. The maximum atomic E-state index is 12.9. The minimum Gasteiger partial charge on any atom is -0.472 e. The van der Waals surface area contributed by atoms with E-state index in [-0.39, 0.29) is 24.7 Å². The van der Waals surface area contributed by atoms with Crippen LogP contribution < -0.4 is 5.32 Å². The molecule has 4 nitrogen and oxygen atoms in total. The first-order chi connectivity index (χ1) is 11.6. The molecule has 1 amide bonds. The summed E-state index contributed by atoms with van der Waals surface area (Å²) in [6.45, 7) is 0.0209. The molecule has 0 aliphatic carbocycles. The number of amides is 1. The number of halogens is 1. The molecule has 3 rings (SSSR count). The summed E-state index contributed by atoms with van der Waals surface area (Å²) in [5.41, 5.74) is -0.0662. The van der Waals surface area contributed by atoms with Gasteiger partial charge in [0.15, 0.2) is 0 Å². The lowest BCUT2D eigenvalue weighted by Crippen LogP contribution is -2.41. The highest BCUT2D eigenvalue weighted by Gasteiger charge is 2.34. The zero-order valence-electron chi connectivity index (χ0n) is 12.7. The Kier molecular flexibility index (Phi) is 4.78. The normalized spacial score (nSPS) is 13.4. The van der Waals surface area contributed by atoms with E-state index in [4.69, 9.17) is 4.42 Å². The molecule has 2 aromatic heterocycles. The predicted molar refractivity (Wildman–Crippen MR) is 89.1 cm³/mol. The molecular weight excluding hydrogens is 329 g/mol. The van der Waals surface area contributed by atoms with Crippen LogP contribution in [0.5, 0.6) is 0 Å². The van der Waals surface area contributed by atoms with Crippen molar-refractivity contribution in [2.45, 2.75) is 12.0 Å². The van der Waals surface area contributed by atoms with Crippen molar-refractivity contribution in [3.05, 3.63) is 82.2 Å². The smallest absolute Gasteiger partial charge is 0.224 e. The van der Waals surface area contributed by atoms with E-state index < -0.39 is 5.60 Å². The second-order valence-electron chi connectivity index (χ2n) is 5.43. The van der Waals surface area contributed by atoms with E-state index in [1.807, 2.05) is 17.5 Å². The van der Waals surface area contributed by atoms with E-state index >= 15 is 0 Å². The molecule has 0 bridgehead atoms. The summed E-state index contributed by atoms with van der Waals surface area (Å²) in [7, 11) is 0. The van der Waals surface area contributed by atoms with Gasteiger partial charge < -0.3 is 14.8 Å². The number of benzene rings is 1. The molecule has 24 heavy (non-hydrogen) atoms. The lowest BCUT2D eigenvalue weighted by Gasteiger charge is -2.26. The topological polar surface area (TPSA) is 62.5 Å². The second-order valence-corrected chi connectivity index (χ2v) is 6.38. The van der Waals surface area contributed by atoms with E-state index in [0.717, 1.165) is 0 Å². The average Bonchev–Trinajstić information content (AvgIpc) is 3.28. The molecule has 1 atom stereocenters. The third-order valence-corrected chi connectivity index (χ3v) is 4.77. The van der Waals surface area contributed by atoms with Gasteiger partial charge in [0.25, 0.3) is 0 Å². The average molecular weight is 345 g/mol. The molecule has 0 aliphatic heterocycles. The van der Waals surface area contributed by atoms with Crippen LogP contribution in [0, 0.1) is 5.82 Å². The number of rotatable bonds is 6. The Bertz CT molecular complexity index is 748. The summed E-state index contributed by atoms with van der Waals surface area (Å²) >= 11 is 1.40. The summed E-state index contributed by atoms with van der Waals surface area (Å²) in [6, 6.07) is 11.1. The third kappa shape index (κ3) is 3.55. The fourth-order valence-corrected chi connectivity index (χ4v) is 3.27. The van der Waals surface area contributed by atoms with Crippen molar-refractivity contribution < 1.29 is 18.7 Å². The predicted octanol–water partition coefficient (Wildman–Crippen LogP) is 3.08. The van der Waals surface area contributed by atoms with Crippen molar-refractivity contribution >= 4 is 17.2 Å². The van der Waals surface area contributed by atoms with Gasteiger partial charge >= 0.3 is 0 Å². The molecule has 0 spiro atoms. The van der Waals surface area contributed by atoms with Crippen LogP contribution in [0.25, 0.3) is 0 Å². The summed E-state index contributed by atoms with van der Waals surface area (Å²) in [4.78, 5) is 12.9. The first kappa shape index (κ1) is 16.4. The van der Waals surface area contributed by atoms with Crippen LogP contribution in [0.4, 0.5) is 4.39 Å². The van der Waals surface area contributed by atoms with E-state index in [0.29, 0.717) is 16.0 Å². The summed E-state index contributed by atoms with van der Waals surface area (Å²) < 4.78 is 18.0. The van der Waals surface area contributed by atoms with Crippen molar-refractivity contribution in [1.82, 2.24) is 5.32 Å². The van der Waals surface area contributed by atoms with Gasteiger partial charge in [-0.3, -0.25) is 4.79 Å². The van der Waals surface area contributed by atoms with Crippen molar-refractivity contribution in [2.75, 3.05) is 6.54 Å². The van der Waals surface area contributed by atoms with Gasteiger partial charge in [-0.25, -0.2) is 4.39 Å². The number of carbonyl (C=O) groups is 1. The first-order valence-corrected chi connectivity index (χ1v) is 8.26. The Morgan fingerprint density at radius 2 is 2.04 bits per heavy atom. The number of carbonyl (C=O) groups excluding carboxylic acids is 1. The van der Waals surface area contributed by atoms with Gasteiger partial charge in [0, 0.05) is 10.4 Å². The van der Waals surface area contributed by atoms with Crippen LogP contribution in [0.2, 0.25) is 0 Å². The minimum absolute atomic E-state index is 0.0209. The van der Waals surface area contributed by atoms with Crippen molar-refractivity contribution in [3.8, 4) is 0 Å². The van der Waals surface area contributed by atoms with Gasteiger partial charge in [-0.2, -0.15) is 0 Å². The van der Waals surface area contributed by atoms with Crippen LogP contribution in [0.1, 0.15) is 16.0 Å². The van der Waals surface area contributed by atoms with Gasteiger partial charge in [0.05, 0.1) is 25.5 Å². The molecular formula is C18H16FNO3S. The quantitative estimate of drug-likeness (QED) is 0.722. The number of thiophene rings is 1. The Morgan fingerprint density at radius 3 is 2.67 bits per heavy atom. The Labute approximate surface area is 142 Å². The zero-order valence-corrected chi connectivity index (χ0v) is 13.6. The van der Waals surface area contributed by atoms with Crippen LogP contribution in [-0.2, 0) is 16.8 Å². The Hall–Kier alpha value is -2.44. The molecule has 1 aromatic carbocycles. The number of aliphatic hydroxyl groups is 1. The summed E-state index contributed by atoms with van der Waals surface area (Å²) in [5, 5.41) is 15.7. The van der Waals surface area contributed by atoms with Crippen molar-refractivity contribution in [3.63, 3.8) is 0 Å². The van der Waals surface area contributed by atoms with Crippen molar-refractivity contribution in [2.24, 2.45) is 0 Å². The van der Waals surface area contributed by atoms with E-state index in [1.54, 1.807) is 18.2 Å². The van der Waals surface area contributed by atoms with Crippen LogP contribution in [0.3, 0.4) is 0 Å². The maximum absolute atomic E-state index is 12.9. The molecule has 0 aliphatic rings. The second kappa shape index (κ2) is 6.98. The first-order valence-electron chi connectivity index (χ1n) is 7.38. The van der Waals surface area contributed by atoms with E-state index in [1.165, 1.54) is 36.0 Å². The van der Waals surface area contributed by atoms with Gasteiger partial charge in [0.2, 0.25) is 5.91 Å². The fourth-order valence-electron chi connectivity index (χ4n) is 2.42. The molecule has 0 saturated carbocycles. The largest absolute Gasteiger partial charge is 0.472 e. The Balaban J connectivity index is 1.70. The highest BCUT2D eigenvalue weighted by atomic mass is 32.1. The molecule has 0 unspecified atom stereocenters. The standard InChI is InChI=1S/C18H16FNO3S/c19-15-5-3-13(4-6-15)10-17(21)20-12-18(22,14-7-8-23-11-14)16-2-1-9-24-16/h1-9,11,22H,10,12H2,(H,20,21)/t18-/m0/s1. The molecule has 124 valence electrons. The lowest BCUT2D eigenvalue weighted by molar-refractivity contribution is -0.121. The molecule has 2 N–H and O–H groups in total. The fraction of sp³-hybridized carbons (Fsp3) is 0.167. The van der Waals surface area contributed by atoms with E-state index in [2.05, 4.69) is 5.32 Å². The van der Waals surface area contributed by atoms with Crippen LogP contribution in [0.15, 0.2) is 64.8 Å². The monoisotopic (exact) mass is 345 g/mol. The number of hydrogen-bond donors (Lipinski definition) is 2. The van der Waals surface area contributed by atoms with Gasteiger partial charge in [0.1, 0.15) is 11.4 Å². The number of furan rings is 1. The van der Waals surface area contributed by atoms with E-state index in [9.17, 15) is 14.3 Å². The summed E-state index contributed by atoms with van der Waals surface area (Å²) in [5.74, 6) is -0.591. The molecule has 3 aromatic rings. The Morgan fingerprint density at radius 1 is 1.25 bits per heavy atom. The number of hydrogen-bond acceptors (Lipinski definition) is 4. The molecule has 0 radical (unpaired) electrons. The zero-order chi connectivity index (χ0) is 17.0. The van der Waals surface area contributed by atoms with Crippen LogP contribution >= 0.6 is 11.3 Å². The number of nitrogens with one attached hydrogen (secondary N) is 1. The van der Waals surface area contributed by atoms with Gasteiger partial charge in [-0.1, -0.05) is 18.2 Å². The van der Waals surface area contributed by atoms with Crippen LogP contribution in [-0.4, -0.2) is 17.6 Å².